The van der Waals surface area contributed by atoms with Gasteiger partial charge in [0.25, 0.3) is 16.1 Å². The summed E-state index contributed by atoms with van der Waals surface area (Å²) in [6.07, 6.45) is 4.97. The number of pyridine rings is 1. The first kappa shape index (κ1) is 29.7. The molecule has 4 heterocycles. The molecule has 1 aliphatic rings. The van der Waals surface area contributed by atoms with Crippen molar-refractivity contribution in [3.63, 3.8) is 0 Å². The van der Waals surface area contributed by atoms with Crippen LogP contribution in [0.4, 0.5) is 20.5 Å². The van der Waals surface area contributed by atoms with Crippen molar-refractivity contribution in [2.24, 2.45) is 0 Å². The van der Waals surface area contributed by atoms with Gasteiger partial charge in [0.15, 0.2) is 17.5 Å². The molecular weight excluding hydrogens is 568 g/mol. The quantitative estimate of drug-likeness (QED) is 0.244. The lowest BCUT2D eigenvalue weighted by Gasteiger charge is -2.31. The number of rotatable bonds is 9. The monoisotopic (exact) mass is 601 g/mol. The Hall–Kier alpha value is -3.75. The molecular formula is C28H33F2N7O4S. The number of benzene rings is 1. The van der Waals surface area contributed by atoms with E-state index in [1.807, 2.05) is 18.4 Å². The SMILES string of the molecule is CCN1CCC(Oc2ccc(N(OS(C)(=O)=O)c3ncc(F)c(-c4cc(F)c5nc(C)n(C(C)C)c5c4)n3)nc2)CC1. The van der Waals surface area contributed by atoms with Crippen LogP contribution in [0.2, 0.25) is 0 Å². The highest BCUT2D eigenvalue weighted by Gasteiger charge is 2.25. The number of halogens is 2. The van der Waals surface area contributed by atoms with Gasteiger partial charge in [0.05, 0.1) is 24.2 Å². The number of hydrogen-bond donors (Lipinski definition) is 0. The van der Waals surface area contributed by atoms with Crippen LogP contribution in [-0.4, -0.2) is 69.8 Å². The summed E-state index contributed by atoms with van der Waals surface area (Å²) in [5, 5.41) is 0.777. The third-order valence-corrected chi connectivity index (χ3v) is 7.47. The van der Waals surface area contributed by atoms with Crippen LogP contribution in [0.25, 0.3) is 22.3 Å². The number of aromatic nitrogens is 5. The van der Waals surface area contributed by atoms with Crippen molar-refractivity contribution in [1.82, 2.24) is 29.4 Å². The molecule has 14 heteroatoms. The number of anilines is 2. The minimum Gasteiger partial charge on any atom is -0.489 e. The molecule has 1 saturated heterocycles. The van der Waals surface area contributed by atoms with Crippen molar-refractivity contribution < 1.29 is 26.2 Å². The van der Waals surface area contributed by atoms with E-state index in [-0.39, 0.29) is 40.7 Å². The van der Waals surface area contributed by atoms with Crippen LogP contribution < -0.4 is 9.80 Å². The molecule has 0 aliphatic carbocycles. The van der Waals surface area contributed by atoms with Gasteiger partial charge in [-0.15, -0.1) is 9.35 Å². The topological polar surface area (TPSA) is 116 Å². The van der Waals surface area contributed by atoms with Crippen molar-refractivity contribution in [3.8, 4) is 17.0 Å². The van der Waals surface area contributed by atoms with Gasteiger partial charge in [-0.3, -0.25) is 0 Å². The maximum absolute atomic E-state index is 15.1. The van der Waals surface area contributed by atoms with E-state index < -0.39 is 21.8 Å². The van der Waals surface area contributed by atoms with Crippen molar-refractivity contribution >= 4 is 32.9 Å². The molecule has 4 aromatic rings. The first-order valence-electron chi connectivity index (χ1n) is 13.7. The van der Waals surface area contributed by atoms with E-state index in [0.29, 0.717) is 17.1 Å². The summed E-state index contributed by atoms with van der Waals surface area (Å²) in [4.78, 5) is 19.2. The highest BCUT2D eigenvalue weighted by Crippen LogP contribution is 2.32. The van der Waals surface area contributed by atoms with Gasteiger partial charge in [0, 0.05) is 24.7 Å². The minimum atomic E-state index is -4.09. The minimum absolute atomic E-state index is 0.0151. The van der Waals surface area contributed by atoms with E-state index in [1.54, 1.807) is 19.1 Å². The van der Waals surface area contributed by atoms with Crippen molar-refractivity contribution in [3.05, 3.63) is 54.1 Å². The van der Waals surface area contributed by atoms with Crippen LogP contribution in [0.3, 0.4) is 0 Å². The summed E-state index contributed by atoms with van der Waals surface area (Å²) in [7, 11) is -4.09. The van der Waals surface area contributed by atoms with E-state index in [0.717, 1.165) is 56.1 Å². The number of ether oxygens (including phenoxy) is 1. The average Bonchev–Trinajstić information content (AvgIpc) is 3.29. The molecule has 0 unspecified atom stereocenters. The number of fused-ring (bicyclic) bond motifs is 1. The lowest BCUT2D eigenvalue weighted by molar-refractivity contribution is 0.103. The van der Waals surface area contributed by atoms with Crippen LogP contribution >= 0.6 is 0 Å². The first-order valence-corrected chi connectivity index (χ1v) is 15.5. The second-order valence-corrected chi connectivity index (χ2v) is 12.0. The Morgan fingerprint density at radius 1 is 1.07 bits per heavy atom. The fraction of sp³-hybridized carbons (Fsp3) is 0.429. The fourth-order valence-electron chi connectivity index (χ4n) is 5.12. The maximum atomic E-state index is 15.1. The van der Waals surface area contributed by atoms with Crippen molar-refractivity contribution in [2.45, 2.75) is 52.7 Å². The van der Waals surface area contributed by atoms with E-state index >= 15 is 8.78 Å². The molecule has 5 rings (SSSR count). The Kier molecular flexibility index (Phi) is 8.39. The summed E-state index contributed by atoms with van der Waals surface area (Å²) >= 11 is 0. The van der Waals surface area contributed by atoms with Gasteiger partial charge >= 0.3 is 0 Å². The molecule has 1 aromatic carbocycles. The first-order chi connectivity index (χ1) is 19.9. The van der Waals surface area contributed by atoms with Gasteiger partial charge in [0.1, 0.15) is 28.9 Å². The normalized spacial score (nSPS) is 15.0. The summed E-state index contributed by atoms with van der Waals surface area (Å²) < 4.78 is 67.6. The van der Waals surface area contributed by atoms with Gasteiger partial charge in [0.2, 0.25) is 0 Å². The predicted octanol–water partition coefficient (Wildman–Crippen LogP) is 4.95. The van der Waals surface area contributed by atoms with Crippen LogP contribution in [-0.2, 0) is 14.4 Å². The van der Waals surface area contributed by atoms with Gasteiger partial charge in [-0.25, -0.2) is 28.7 Å². The molecule has 1 fully saturated rings. The lowest BCUT2D eigenvalue weighted by Crippen LogP contribution is -2.38. The molecule has 3 aromatic heterocycles. The third-order valence-electron chi connectivity index (χ3n) is 7.05. The number of hydrogen-bond acceptors (Lipinski definition) is 10. The molecule has 42 heavy (non-hydrogen) atoms. The molecule has 0 atom stereocenters. The highest BCUT2D eigenvalue weighted by molar-refractivity contribution is 7.86. The summed E-state index contributed by atoms with van der Waals surface area (Å²) in [6.45, 7) is 10.6. The Morgan fingerprint density at radius 3 is 2.43 bits per heavy atom. The third kappa shape index (κ3) is 6.35. The zero-order valence-electron chi connectivity index (χ0n) is 24.1. The number of nitrogens with zero attached hydrogens (tertiary/aromatic N) is 7. The summed E-state index contributed by atoms with van der Waals surface area (Å²) in [5.41, 5.74) is 0.492. The molecule has 0 radical (unpaired) electrons. The molecule has 224 valence electrons. The molecule has 0 bridgehead atoms. The zero-order chi connectivity index (χ0) is 30.2. The molecule has 11 nitrogen and oxygen atoms in total. The number of piperidine rings is 1. The van der Waals surface area contributed by atoms with Crippen molar-refractivity contribution in [1.29, 1.82) is 0 Å². The van der Waals surface area contributed by atoms with Gasteiger partial charge in [-0.2, -0.15) is 8.42 Å². The Bertz CT molecular complexity index is 1690. The van der Waals surface area contributed by atoms with E-state index in [1.165, 1.54) is 12.3 Å². The number of likely N-dealkylation sites (tertiary alicyclic amines) is 1. The lowest BCUT2D eigenvalue weighted by atomic mass is 10.1. The van der Waals surface area contributed by atoms with Crippen LogP contribution in [0.1, 0.15) is 45.5 Å². The van der Waals surface area contributed by atoms with Crippen LogP contribution in [0.5, 0.6) is 5.75 Å². The van der Waals surface area contributed by atoms with Gasteiger partial charge < -0.3 is 14.2 Å². The highest BCUT2D eigenvalue weighted by atomic mass is 32.2. The average molecular weight is 602 g/mol. The molecule has 0 saturated carbocycles. The molecule has 1 aliphatic heterocycles. The van der Waals surface area contributed by atoms with E-state index in [9.17, 15) is 8.42 Å². The predicted molar refractivity (Wildman–Crippen MR) is 154 cm³/mol. The van der Waals surface area contributed by atoms with Gasteiger partial charge in [-0.1, -0.05) is 6.92 Å². The summed E-state index contributed by atoms with van der Waals surface area (Å²) in [5.74, 6) is -0.672. The largest absolute Gasteiger partial charge is 0.489 e. The smallest absolute Gasteiger partial charge is 0.285 e. The van der Waals surface area contributed by atoms with Crippen molar-refractivity contribution in [2.75, 3.05) is 31.0 Å². The Labute approximate surface area is 243 Å². The zero-order valence-corrected chi connectivity index (χ0v) is 24.9. The summed E-state index contributed by atoms with van der Waals surface area (Å²) in [6, 6.07) is 5.81. The van der Waals surface area contributed by atoms with E-state index in [2.05, 4.69) is 31.8 Å². The number of imidazole rings is 1. The maximum Gasteiger partial charge on any atom is 0.285 e. The molecule has 0 N–H and O–H groups in total. The van der Waals surface area contributed by atoms with Crippen LogP contribution in [0.15, 0.2) is 36.7 Å². The van der Waals surface area contributed by atoms with Gasteiger partial charge in [-0.05, 0) is 64.4 Å². The standard InChI is InChI=1S/C28H33F2N7O4S/c1-6-35-11-9-20(10-12-35)40-21-7-8-25(31-15-21)37(41-42(5,38)39)28-32-16-23(30)26(34-28)19-13-22(29)27-24(14-19)36(17(2)3)18(4)33-27/h7-8,13-17,20H,6,9-12H2,1-5H3. The second kappa shape index (κ2) is 11.9. The molecule has 0 spiro atoms. The Balaban J connectivity index is 1.49. The van der Waals surface area contributed by atoms with Crippen LogP contribution in [0, 0.1) is 18.6 Å². The second-order valence-electron chi connectivity index (χ2n) is 10.5. The molecule has 0 amide bonds. The van der Waals surface area contributed by atoms with E-state index in [4.69, 9.17) is 9.02 Å². The fourth-order valence-corrected chi connectivity index (χ4v) is 5.54. The Morgan fingerprint density at radius 2 is 1.81 bits per heavy atom. The number of aryl methyl sites for hydroxylation is 1.